The lowest BCUT2D eigenvalue weighted by atomic mass is 10.1. The number of hydrogen-bond acceptors (Lipinski definition) is 5. The smallest absolute Gasteiger partial charge is 0.338 e. The number of amides is 1. The molecule has 0 aliphatic heterocycles. The van der Waals surface area contributed by atoms with Gasteiger partial charge in [-0.15, -0.1) is 0 Å². The number of ketones is 1. The molecule has 1 unspecified atom stereocenters. The van der Waals surface area contributed by atoms with Crippen LogP contribution in [0, 0.1) is 11.3 Å². The van der Waals surface area contributed by atoms with Gasteiger partial charge in [0.2, 0.25) is 11.7 Å². The number of nitriles is 1. The summed E-state index contributed by atoms with van der Waals surface area (Å²) in [5, 5.41) is 11.0. The SMILES string of the molecule is CC(OC(=O)c1ccc(NC(=O)CC#N)cc1)C(=O)c1ccccc1. The zero-order chi connectivity index (χ0) is 18.2. The number of hydrogen-bond donors (Lipinski definition) is 1. The molecule has 1 amide bonds. The van der Waals surface area contributed by atoms with E-state index in [0.717, 1.165) is 0 Å². The van der Waals surface area contributed by atoms with Gasteiger partial charge in [0.1, 0.15) is 6.42 Å². The van der Waals surface area contributed by atoms with Gasteiger partial charge in [0.25, 0.3) is 0 Å². The maximum absolute atomic E-state index is 12.2. The van der Waals surface area contributed by atoms with E-state index < -0.39 is 18.0 Å². The summed E-state index contributed by atoms with van der Waals surface area (Å²) < 4.78 is 5.19. The zero-order valence-corrected chi connectivity index (χ0v) is 13.6. The van der Waals surface area contributed by atoms with Crippen LogP contribution in [0.15, 0.2) is 54.6 Å². The van der Waals surface area contributed by atoms with Crippen LogP contribution in [0.5, 0.6) is 0 Å². The Morgan fingerprint density at radius 2 is 1.68 bits per heavy atom. The fourth-order valence-electron chi connectivity index (χ4n) is 2.09. The molecule has 1 N–H and O–H groups in total. The molecule has 0 saturated heterocycles. The molecule has 2 aromatic rings. The molecule has 6 nitrogen and oxygen atoms in total. The molecule has 0 heterocycles. The molecule has 25 heavy (non-hydrogen) atoms. The lowest BCUT2D eigenvalue weighted by molar-refractivity contribution is -0.115. The number of anilines is 1. The molecule has 0 aliphatic rings. The zero-order valence-electron chi connectivity index (χ0n) is 13.6. The molecule has 2 aromatic carbocycles. The molecule has 0 radical (unpaired) electrons. The normalized spacial score (nSPS) is 11.0. The van der Waals surface area contributed by atoms with Gasteiger partial charge < -0.3 is 10.1 Å². The van der Waals surface area contributed by atoms with Crippen LogP contribution in [0.1, 0.15) is 34.1 Å². The number of rotatable bonds is 6. The summed E-state index contributed by atoms with van der Waals surface area (Å²) in [6.07, 6.45) is -1.16. The molecule has 126 valence electrons. The van der Waals surface area contributed by atoms with Gasteiger partial charge in [0.05, 0.1) is 11.6 Å². The van der Waals surface area contributed by atoms with Crippen molar-refractivity contribution in [2.75, 3.05) is 5.32 Å². The highest BCUT2D eigenvalue weighted by Gasteiger charge is 2.20. The lowest BCUT2D eigenvalue weighted by Crippen LogP contribution is -2.24. The van der Waals surface area contributed by atoms with Crippen LogP contribution in [0.25, 0.3) is 0 Å². The van der Waals surface area contributed by atoms with E-state index in [4.69, 9.17) is 10.00 Å². The Morgan fingerprint density at radius 1 is 1.04 bits per heavy atom. The third-order valence-corrected chi connectivity index (χ3v) is 3.36. The molecule has 0 saturated carbocycles. The van der Waals surface area contributed by atoms with E-state index in [1.165, 1.54) is 31.2 Å². The van der Waals surface area contributed by atoms with Gasteiger partial charge in [-0.05, 0) is 31.2 Å². The summed E-state index contributed by atoms with van der Waals surface area (Å²) in [5.41, 5.74) is 1.19. The summed E-state index contributed by atoms with van der Waals surface area (Å²) in [6, 6.07) is 16.3. The number of Topliss-reactive ketones (excluding diaryl/α,β-unsaturated/α-hetero) is 1. The molecule has 0 aromatic heterocycles. The Labute approximate surface area is 145 Å². The maximum atomic E-state index is 12.2. The highest BCUT2D eigenvalue weighted by atomic mass is 16.5. The van der Waals surface area contributed by atoms with E-state index in [-0.39, 0.29) is 17.8 Å². The van der Waals surface area contributed by atoms with E-state index in [2.05, 4.69) is 5.32 Å². The van der Waals surface area contributed by atoms with Gasteiger partial charge in [-0.3, -0.25) is 9.59 Å². The van der Waals surface area contributed by atoms with Crippen molar-refractivity contribution in [3.05, 3.63) is 65.7 Å². The number of ether oxygens (including phenoxy) is 1. The molecule has 1 atom stereocenters. The number of carbonyl (C=O) groups is 3. The Bertz CT molecular complexity index is 808. The fraction of sp³-hybridized carbons (Fsp3) is 0.158. The second-order valence-electron chi connectivity index (χ2n) is 5.24. The predicted octanol–water partition coefficient (Wildman–Crippen LogP) is 2.97. The van der Waals surface area contributed by atoms with Crippen molar-refractivity contribution in [2.45, 2.75) is 19.4 Å². The summed E-state index contributed by atoms with van der Waals surface area (Å²) in [6.45, 7) is 1.52. The lowest BCUT2D eigenvalue weighted by Gasteiger charge is -2.12. The average Bonchev–Trinajstić information content (AvgIpc) is 2.62. The monoisotopic (exact) mass is 336 g/mol. The molecule has 0 bridgehead atoms. The molecule has 0 spiro atoms. The van der Waals surface area contributed by atoms with Gasteiger partial charge in [0.15, 0.2) is 6.10 Å². The number of esters is 1. The van der Waals surface area contributed by atoms with E-state index in [1.54, 1.807) is 36.4 Å². The molecule has 6 heteroatoms. The van der Waals surface area contributed by atoms with Gasteiger partial charge in [-0.1, -0.05) is 30.3 Å². The van der Waals surface area contributed by atoms with Crippen LogP contribution < -0.4 is 5.32 Å². The molecule has 0 aliphatic carbocycles. The molecule has 0 fully saturated rings. The minimum atomic E-state index is -0.912. The van der Waals surface area contributed by atoms with Crippen LogP contribution in [0.3, 0.4) is 0 Å². The van der Waals surface area contributed by atoms with Crippen molar-refractivity contribution in [1.29, 1.82) is 5.26 Å². The molecular weight excluding hydrogens is 320 g/mol. The van der Waals surface area contributed by atoms with Gasteiger partial charge >= 0.3 is 5.97 Å². The minimum Gasteiger partial charge on any atom is -0.451 e. The summed E-state index contributed by atoms with van der Waals surface area (Å²) >= 11 is 0. The summed E-state index contributed by atoms with van der Waals surface area (Å²) in [7, 11) is 0. The number of nitrogens with zero attached hydrogens (tertiary/aromatic N) is 1. The van der Waals surface area contributed by atoms with Crippen LogP contribution in [-0.4, -0.2) is 23.8 Å². The summed E-state index contributed by atoms with van der Waals surface area (Å²) in [5.74, 6) is -1.35. The quantitative estimate of drug-likeness (QED) is 0.646. The second-order valence-corrected chi connectivity index (χ2v) is 5.24. The average molecular weight is 336 g/mol. The van der Waals surface area contributed by atoms with E-state index in [0.29, 0.717) is 11.3 Å². The maximum Gasteiger partial charge on any atom is 0.338 e. The molecular formula is C19H16N2O4. The van der Waals surface area contributed by atoms with Crippen molar-refractivity contribution in [3.63, 3.8) is 0 Å². The number of benzene rings is 2. The standard InChI is InChI=1S/C19H16N2O4/c1-13(18(23)14-5-3-2-4-6-14)25-19(24)15-7-9-16(10-8-15)21-17(22)11-12-20/h2-10,13H,11H2,1H3,(H,21,22). The van der Waals surface area contributed by atoms with Crippen molar-refractivity contribution in [2.24, 2.45) is 0 Å². The topological polar surface area (TPSA) is 96.3 Å². The fourth-order valence-corrected chi connectivity index (χ4v) is 2.09. The van der Waals surface area contributed by atoms with Crippen LogP contribution in [-0.2, 0) is 9.53 Å². The van der Waals surface area contributed by atoms with Crippen molar-refractivity contribution in [1.82, 2.24) is 0 Å². The molecule has 2 rings (SSSR count). The minimum absolute atomic E-state index is 0.247. The first-order valence-corrected chi connectivity index (χ1v) is 7.58. The third-order valence-electron chi connectivity index (χ3n) is 3.36. The van der Waals surface area contributed by atoms with E-state index in [1.807, 2.05) is 0 Å². The predicted molar refractivity (Wildman–Crippen MR) is 91.0 cm³/mol. The first kappa shape index (κ1) is 17.9. The van der Waals surface area contributed by atoms with Crippen LogP contribution in [0.4, 0.5) is 5.69 Å². The summed E-state index contributed by atoms with van der Waals surface area (Å²) in [4.78, 5) is 35.6. The Morgan fingerprint density at radius 3 is 2.28 bits per heavy atom. The van der Waals surface area contributed by atoms with Crippen molar-refractivity contribution in [3.8, 4) is 6.07 Å². The van der Waals surface area contributed by atoms with Crippen LogP contribution >= 0.6 is 0 Å². The highest BCUT2D eigenvalue weighted by molar-refractivity contribution is 6.01. The first-order valence-electron chi connectivity index (χ1n) is 7.58. The van der Waals surface area contributed by atoms with E-state index in [9.17, 15) is 14.4 Å². The Balaban J connectivity index is 1.97. The largest absolute Gasteiger partial charge is 0.451 e. The highest BCUT2D eigenvalue weighted by Crippen LogP contribution is 2.13. The van der Waals surface area contributed by atoms with Crippen molar-refractivity contribution >= 4 is 23.3 Å². The Kier molecular flexibility index (Phi) is 6.02. The number of carbonyl (C=O) groups excluding carboxylic acids is 3. The second kappa shape index (κ2) is 8.41. The van der Waals surface area contributed by atoms with Gasteiger partial charge in [0, 0.05) is 11.3 Å². The number of nitrogens with one attached hydrogen (secondary N) is 1. The third kappa shape index (κ3) is 5.01. The van der Waals surface area contributed by atoms with Crippen molar-refractivity contribution < 1.29 is 19.1 Å². The van der Waals surface area contributed by atoms with Gasteiger partial charge in [-0.25, -0.2) is 4.79 Å². The first-order chi connectivity index (χ1) is 12.0. The van der Waals surface area contributed by atoms with Gasteiger partial charge in [-0.2, -0.15) is 5.26 Å². The van der Waals surface area contributed by atoms with Crippen LogP contribution in [0.2, 0.25) is 0 Å². The Hall–Kier alpha value is -3.46. The van der Waals surface area contributed by atoms with E-state index >= 15 is 0 Å².